The van der Waals surface area contributed by atoms with Gasteiger partial charge in [0.2, 0.25) is 0 Å². The van der Waals surface area contributed by atoms with Crippen LogP contribution in [0.4, 0.5) is 17.1 Å². The van der Waals surface area contributed by atoms with E-state index in [0.29, 0.717) is 5.92 Å². The van der Waals surface area contributed by atoms with Gasteiger partial charge < -0.3 is 9.47 Å². The van der Waals surface area contributed by atoms with Crippen LogP contribution in [0.5, 0.6) is 0 Å². The van der Waals surface area contributed by atoms with E-state index in [-0.39, 0.29) is 5.41 Å². The lowest BCUT2D eigenvalue weighted by Crippen LogP contribution is -2.22. The third-order valence-corrected chi connectivity index (χ3v) is 15.5. The van der Waals surface area contributed by atoms with Crippen molar-refractivity contribution in [2.75, 3.05) is 4.90 Å². The number of hydrogen-bond donors (Lipinski definition) is 0. The van der Waals surface area contributed by atoms with E-state index < -0.39 is 0 Å². The van der Waals surface area contributed by atoms with Gasteiger partial charge in [-0.3, -0.25) is 0 Å². The van der Waals surface area contributed by atoms with Crippen molar-refractivity contribution in [3.63, 3.8) is 0 Å². The predicted octanol–water partition coefficient (Wildman–Crippen LogP) is 18.1. The zero-order valence-corrected chi connectivity index (χ0v) is 38.4. The van der Waals surface area contributed by atoms with Gasteiger partial charge in [-0.1, -0.05) is 201 Å². The molecule has 1 aromatic heterocycles. The highest BCUT2D eigenvalue weighted by molar-refractivity contribution is 6.11. The quantitative estimate of drug-likeness (QED) is 0.148. The first-order valence-electron chi connectivity index (χ1n) is 24.5. The molecule has 1 atom stereocenters. The van der Waals surface area contributed by atoms with Gasteiger partial charge in [0.05, 0.1) is 22.4 Å². The van der Waals surface area contributed by atoms with Crippen LogP contribution >= 0.6 is 0 Å². The van der Waals surface area contributed by atoms with Crippen LogP contribution in [0.3, 0.4) is 0 Å². The molecule has 0 amide bonds. The molecule has 10 aromatic carbocycles. The Morgan fingerprint density at radius 1 is 0.441 bits per heavy atom. The number of anilines is 3. The van der Waals surface area contributed by atoms with Gasteiger partial charge in [-0.25, -0.2) is 0 Å². The summed E-state index contributed by atoms with van der Waals surface area (Å²) in [5, 5.41) is 5.18. The summed E-state index contributed by atoms with van der Waals surface area (Å²) in [7, 11) is 0. The van der Waals surface area contributed by atoms with Crippen molar-refractivity contribution < 1.29 is 0 Å². The van der Waals surface area contributed by atoms with Crippen molar-refractivity contribution in [3.05, 3.63) is 253 Å². The average molecular weight is 873 g/mol. The fraction of sp³-hybridized carbons (Fsp3) is 0.121. The molecule has 0 N–H and O–H groups in total. The first kappa shape index (κ1) is 40.3. The van der Waals surface area contributed by atoms with E-state index in [2.05, 4.69) is 247 Å². The van der Waals surface area contributed by atoms with Gasteiger partial charge in [-0.15, -0.1) is 0 Å². The summed E-state index contributed by atoms with van der Waals surface area (Å²) in [6, 6.07) is 86.3. The summed E-state index contributed by atoms with van der Waals surface area (Å²) in [6.07, 6.45) is 6.43. The second kappa shape index (κ2) is 16.4. The number of hydrogen-bond acceptors (Lipinski definition) is 1. The minimum atomic E-state index is -0.315. The third-order valence-electron chi connectivity index (χ3n) is 15.5. The fourth-order valence-corrected chi connectivity index (χ4v) is 12.3. The zero-order chi connectivity index (χ0) is 45.2. The standard InChI is InChI=1S/C66H52N2/c1-66(48-25-7-3-8-26-48)59-35-15-11-30-53(59)54-41-39-47(43-60(54)66)51-29-12-16-36-61(51)68(50-40-42-57-55-31-13-17-37-62(55)67(64(57)44-50)49-27-9-4-10-28-49)63-38-18-14-32-56(63)58-34-20-24-46-23-19-33-52(65(46)58)45-21-5-2-6-22-45/h3-4,7-20,23-45H,2,5-6,21-22H2,1H3. The van der Waals surface area contributed by atoms with Gasteiger partial charge in [0.25, 0.3) is 0 Å². The van der Waals surface area contributed by atoms with Crippen molar-refractivity contribution in [1.29, 1.82) is 0 Å². The molecule has 0 bridgehead atoms. The summed E-state index contributed by atoms with van der Waals surface area (Å²) in [5.74, 6) is 0.562. The largest absolute Gasteiger partial charge is 0.309 e. The SMILES string of the molecule is CC1(c2ccccc2)c2ccccc2-c2ccc(-c3ccccc3N(c3ccc4c5ccccc5n(-c5ccccc5)c4c3)c3ccccc3-c3cccc4cccc(C5CCCCC5)c34)cc21. The Balaban J connectivity index is 1.07. The Hall–Kier alpha value is -7.94. The van der Waals surface area contributed by atoms with Gasteiger partial charge in [-0.2, -0.15) is 0 Å². The molecule has 2 heteroatoms. The molecule has 0 spiro atoms. The fourth-order valence-electron chi connectivity index (χ4n) is 12.3. The molecule has 1 unspecified atom stereocenters. The number of rotatable bonds is 8. The monoisotopic (exact) mass is 872 g/mol. The number of para-hydroxylation sites is 4. The molecule has 11 aromatic rings. The van der Waals surface area contributed by atoms with Crippen LogP contribution in [0.1, 0.15) is 67.2 Å². The Labute approximate surface area is 399 Å². The van der Waals surface area contributed by atoms with Crippen molar-refractivity contribution in [2.45, 2.75) is 50.4 Å². The molecule has 1 heterocycles. The molecule has 2 aliphatic carbocycles. The van der Waals surface area contributed by atoms with E-state index >= 15 is 0 Å². The number of aromatic nitrogens is 1. The first-order valence-corrected chi connectivity index (χ1v) is 24.5. The van der Waals surface area contributed by atoms with Crippen molar-refractivity contribution in [3.8, 4) is 39.1 Å². The molecule has 2 nitrogen and oxygen atoms in total. The molecule has 0 radical (unpaired) electrons. The molecule has 0 aliphatic heterocycles. The van der Waals surface area contributed by atoms with E-state index in [1.54, 1.807) is 0 Å². The summed E-state index contributed by atoms with van der Waals surface area (Å²) >= 11 is 0. The summed E-state index contributed by atoms with van der Waals surface area (Å²) in [5.41, 5.74) is 19.6. The summed E-state index contributed by atoms with van der Waals surface area (Å²) in [6.45, 7) is 2.41. The van der Waals surface area contributed by atoms with E-state index in [1.807, 2.05) is 0 Å². The normalized spacial score (nSPS) is 15.7. The van der Waals surface area contributed by atoms with E-state index in [9.17, 15) is 0 Å². The second-order valence-electron chi connectivity index (χ2n) is 19.1. The minimum absolute atomic E-state index is 0.315. The van der Waals surface area contributed by atoms with E-state index in [1.165, 1.54) is 120 Å². The zero-order valence-electron chi connectivity index (χ0n) is 38.4. The van der Waals surface area contributed by atoms with Crippen LogP contribution in [0.15, 0.2) is 231 Å². The molecule has 0 saturated heterocycles. The topological polar surface area (TPSA) is 8.17 Å². The highest BCUT2D eigenvalue weighted by Crippen LogP contribution is 2.54. The lowest BCUT2D eigenvalue weighted by Gasteiger charge is -2.31. The van der Waals surface area contributed by atoms with Crippen molar-refractivity contribution in [1.82, 2.24) is 4.57 Å². The maximum Gasteiger partial charge on any atom is 0.0561 e. The summed E-state index contributed by atoms with van der Waals surface area (Å²) < 4.78 is 2.44. The maximum atomic E-state index is 2.55. The highest BCUT2D eigenvalue weighted by atomic mass is 15.1. The molecule has 68 heavy (non-hydrogen) atoms. The van der Waals surface area contributed by atoms with Crippen molar-refractivity contribution >= 4 is 49.6 Å². The summed E-state index contributed by atoms with van der Waals surface area (Å²) in [4.78, 5) is 2.55. The average Bonchev–Trinajstić information content (AvgIpc) is 3.88. The molecule has 1 fully saturated rings. The van der Waals surface area contributed by atoms with Crippen molar-refractivity contribution in [2.24, 2.45) is 0 Å². The van der Waals surface area contributed by atoms with E-state index in [0.717, 1.165) is 22.7 Å². The molecule has 1 saturated carbocycles. The Morgan fingerprint density at radius 3 is 1.87 bits per heavy atom. The highest BCUT2D eigenvalue weighted by Gasteiger charge is 2.41. The molecule has 13 rings (SSSR count). The van der Waals surface area contributed by atoms with Gasteiger partial charge >= 0.3 is 0 Å². The second-order valence-corrected chi connectivity index (χ2v) is 19.1. The Kier molecular flexibility index (Phi) is 9.75. The van der Waals surface area contributed by atoms with Crippen LogP contribution < -0.4 is 4.90 Å². The predicted molar refractivity (Wildman–Crippen MR) is 287 cm³/mol. The Bertz CT molecular complexity index is 3680. The van der Waals surface area contributed by atoms with Crippen LogP contribution in [0.25, 0.3) is 71.6 Å². The van der Waals surface area contributed by atoms with Crippen LogP contribution in [-0.4, -0.2) is 4.57 Å². The van der Waals surface area contributed by atoms with Gasteiger partial charge in [0.15, 0.2) is 0 Å². The number of nitrogens with zero attached hydrogens (tertiary/aromatic N) is 2. The molecule has 326 valence electrons. The maximum absolute atomic E-state index is 2.55. The van der Waals surface area contributed by atoms with Gasteiger partial charge in [0.1, 0.15) is 0 Å². The van der Waals surface area contributed by atoms with Crippen LogP contribution in [0, 0.1) is 0 Å². The molecular formula is C66H52N2. The Morgan fingerprint density at radius 2 is 1.06 bits per heavy atom. The molecular weight excluding hydrogens is 821 g/mol. The van der Waals surface area contributed by atoms with Crippen LogP contribution in [-0.2, 0) is 5.41 Å². The lowest BCUT2D eigenvalue weighted by atomic mass is 9.74. The van der Waals surface area contributed by atoms with Crippen LogP contribution in [0.2, 0.25) is 0 Å². The third kappa shape index (κ3) is 6.39. The first-order chi connectivity index (χ1) is 33.6. The van der Waals surface area contributed by atoms with E-state index in [4.69, 9.17) is 0 Å². The molecule has 2 aliphatic rings. The number of benzene rings is 10. The number of fused-ring (bicyclic) bond motifs is 7. The minimum Gasteiger partial charge on any atom is -0.309 e. The smallest absolute Gasteiger partial charge is 0.0561 e. The lowest BCUT2D eigenvalue weighted by molar-refractivity contribution is 0.445. The van der Waals surface area contributed by atoms with Gasteiger partial charge in [-0.05, 0) is 129 Å². The van der Waals surface area contributed by atoms with Gasteiger partial charge in [0, 0.05) is 38.7 Å².